The summed E-state index contributed by atoms with van der Waals surface area (Å²) in [5.41, 5.74) is 1.40. The molecule has 0 aliphatic heterocycles. The minimum Gasteiger partial charge on any atom is -0.335 e. The van der Waals surface area contributed by atoms with Gasteiger partial charge in [0.25, 0.3) is 11.3 Å². The van der Waals surface area contributed by atoms with Crippen molar-refractivity contribution < 1.29 is 4.52 Å². The number of aromatic nitrogens is 3. The summed E-state index contributed by atoms with van der Waals surface area (Å²) in [6.07, 6.45) is 0. The van der Waals surface area contributed by atoms with Crippen molar-refractivity contribution in [3.8, 4) is 11.3 Å². The maximum absolute atomic E-state index is 11.9. The van der Waals surface area contributed by atoms with Gasteiger partial charge in [0.05, 0.1) is 0 Å². The molecule has 2 heterocycles. The van der Waals surface area contributed by atoms with Gasteiger partial charge in [0.1, 0.15) is 16.9 Å². The first-order chi connectivity index (χ1) is 8.25. The second-order valence-electron chi connectivity index (χ2n) is 3.73. The molecule has 1 N–H and O–H groups in total. The van der Waals surface area contributed by atoms with Crippen molar-refractivity contribution in [2.45, 2.75) is 6.92 Å². The summed E-state index contributed by atoms with van der Waals surface area (Å²) in [5, 5.41) is 4.30. The topological polar surface area (TPSA) is 71.8 Å². The second-order valence-corrected chi connectivity index (χ2v) is 3.73. The number of H-pyrrole nitrogens is 1. The smallest absolute Gasteiger partial charge is 0.265 e. The molecule has 0 aliphatic rings. The van der Waals surface area contributed by atoms with Gasteiger partial charge in [0, 0.05) is 5.56 Å². The first-order valence-corrected chi connectivity index (χ1v) is 5.17. The molecule has 17 heavy (non-hydrogen) atoms. The molecule has 0 aliphatic carbocycles. The maximum atomic E-state index is 11.9. The molecular formula is C12H9N3O2. The molecule has 0 amide bonds. The summed E-state index contributed by atoms with van der Waals surface area (Å²) >= 11 is 0. The van der Waals surface area contributed by atoms with Gasteiger partial charge >= 0.3 is 0 Å². The molecule has 3 aromatic rings. The van der Waals surface area contributed by atoms with Crippen LogP contribution in [0.4, 0.5) is 0 Å². The predicted octanol–water partition coefficient (Wildman–Crippen LogP) is 1.89. The van der Waals surface area contributed by atoms with Crippen molar-refractivity contribution in [2.75, 3.05) is 0 Å². The van der Waals surface area contributed by atoms with E-state index in [-0.39, 0.29) is 11.3 Å². The molecule has 0 saturated carbocycles. The van der Waals surface area contributed by atoms with Gasteiger partial charge in [0.15, 0.2) is 0 Å². The van der Waals surface area contributed by atoms with Gasteiger partial charge in [-0.15, -0.1) is 0 Å². The highest BCUT2D eigenvalue weighted by Crippen LogP contribution is 2.23. The molecule has 0 saturated heterocycles. The average Bonchev–Trinajstić information content (AvgIpc) is 2.74. The molecule has 3 rings (SSSR count). The van der Waals surface area contributed by atoms with Crippen LogP contribution in [0.25, 0.3) is 22.4 Å². The Balaban J connectivity index is 2.37. The summed E-state index contributed by atoms with van der Waals surface area (Å²) in [6.45, 7) is 1.70. The van der Waals surface area contributed by atoms with Gasteiger partial charge in [-0.05, 0) is 6.92 Å². The lowest BCUT2D eigenvalue weighted by Gasteiger charge is -1.95. The van der Waals surface area contributed by atoms with Crippen LogP contribution < -0.4 is 5.56 Å². The zero-order valence-electron chi connectivity index (χ0n) is 9.10. The monoisotopic (exact) mass is 227 g/mol. The number of aromatic amines is 1. The number of aryl methyl sites for hydroxylation is 1. The first-order valence-electron chi connectivity index (χ1n) is 5.17. The van der Waals surface area contributed by atoms with Gasteiger partial charge in [-0.2, -0.15) is 4.98 Å². The summed E-state index contributed by atoms with van der Waals surface area (Å²) in [5.74, 6) is 0.512. The van der Waals surface area contributed by atoms with Crippen LogP contribution in [0.15, 0.2) is 39.6 Å². The third kappa shape index (κ3) is 1.52. The zero-order valence-corrected chi connectivity index (χ0v) is 9.10. The Morgan fingerprint density at radius 3 is 2.76 bits per heavy atom. The fourth-order valence-corrected chi connectivity index (χ4v) is 1.76. The highest BCUT2D eigenvalue weighted by atomic mass is 16.5. The van der Waals surface area contributed by atoms with E-state index in [0.29, 0.717) is 16.9 Å². The van der Waals surface area contributed by atoms with Gasteiger partial charge in [-0.3, -0.25) is 4.79 Å². The molecule has 2 aromatic heterocycles. The van der Waals surface area contributed by atoms with E-state index < -0.39 is 0 Å². The van der Waals surface area contributed by atoms with E-state index in [1.54, 1.807) is 6.92 Å². The molecular weight excluding hydrogens is 218 g/mol. The minimum absolute atomic E-state index is 0.229. The largest absolute Gasteiger partial charge is 0.335 e. The number of nitrogens with one attached hydrogen (secondary N) is 1. The third-order valence-electron chi connectivity index (χ3n) is 2.51. The van der Waals surface area contributed by atoms with Crippen LogP contribution in [0.5, 0.6) is 0 Å². The SMILES string of the molecule is Cc1nc2onc(-c3ccccc3)c2c(=O)[nH]1. The van der Waals surface area contributed by atoms with E-state index in [4.69, 9.17) is 4.52 Å². The Morgan fingerprint density at radius 1 is 1.24 bits per heavy atom. The number of hydrogen-bond acceptors (Lipinski definition) is 4. The third-order valence-corrected chi connectivity index (χ3v) is 2.51. The lowest BCUT2D eigenvalue weighted by atomic mass is 10.1. The van der Waals surface area contributed by atoms with Gasteiger partial charge in [-0.1, -0.05) is 35.5 Å². The van der Waals surface area contributed by atoms with Crippen LogP contribution in [0, 0.1) is 6.92 Å². The van der Waals surface area contributed by atoms with E-state index in [0.717, 1.165) is 5.56 Å². The van der Waals surface area contributed by atoms with E-state index in [1.165, 1.54) is 0 Å². The number of rotatable bonds is 1. The van der Waals surface area contributed by atoms with Crippen molar-refractivity contribution in [3.63, 3.8) is 0 Å². The summed E-state index contributed by atoms with van der Waals surface area (Å²) in [6, 6.07) is 9.41. The minimum atomic E-state index is -0.229. The summed E-state index contributed by atoms with van der Waals surface area (Å²) in [4.78, 5) is 18.6. The lowest BCUT2D eigenvalue weighted by Crippen LogP contribution is -2.09. The van der Waals surface area contributed by atoms with E-state index in [2.05, 4.69) is 15.1 Å². The lowest BCUT2D eigenvalue weighted by molar-refractivity contribution is 0.450. The van der Waals surface area contributed by atoms with Crippen molar-refractivity contribution in [3.05, 3.63) is 46.5 Å². The van der Waals surface area contributed by atoms with Crippen molar-refractivity contribution in [1.29, 1.82) is 0 Å². The van der Waals surface area contributed by atoms with Crippen LogP contribution in [-0.4, -0.2) is 15.1 Å². The highest BCUT2D eigenvalue weighted by Gasteiger charge is 2.15. The molecule has 0 spiro atoms. The summed E-state index contributed by atoms with van der Waals surface area (Å²) in [7, 11) is 0. The number of hydrogen-bond donors (Lipinski definition) is 1. The van der Waals surface area contributed by atoms with Gasteiger partial charge in [-0.25, -0.2) is 0 Å². The highest BCUT2D eigenvalue weighted by molar-refractivity contribution is 5.88. The molecule has 0 unspecified atom stereocenters. The molecule has 5 heteroatoms. The normalized spacial score (nSPS) is 10.9. The molecule has 0 atom stereocenters. The molecule has 1 aromatic carbocycles. The van der Waals surface area contributed by atoms with Crippen LogP contribution in [-0.2, 0) is 0 Å². The fourth-order valence-electron chi connectivity index (χ4n) is 1.76. The van der Waals surface area contributed by atoms with Crippen molar-refractivity contribution in [1.82, 2.24) is 15.1 Å². The molecule has 5 nitrogen and oxygen atoms in total. The van der Waals surface area contributed by atoms with Crippen LogP contribution >= 0.6 is 0 Å². The maximum Gasteiger partial charge on any atom is 0.265 e. The quantitative estimate of drug-likeness (QED) is 0.689. The Morgan fingerprint density at radius 2 is 2.00 bits per heavy atom. The first kappa shape index (κ1) is 9.77. The Hall–Kier alpha value is -2.43. The molecule has 0 fully saturated rings. The van der Waals surface area contributed by atoms with E-state index in [1.807, 2.05) is 30.3 Å². The number of benzene rings is 1. The van der Waals surface area contributed by atoms with Gasteiger partial charge in [0.2, 0.25) is 0 Å². The van der Waals surface area contributed by atoms with Crippen LogP contribution in [0.3, 0.4) is 0 Å². The number of fused-ring (bicyclic) bond motifs is 1. The Bertz CT molecular complexity index is 728. The standard InChI is InChI=1S/C12H9N3O2/c1-7-13-11(16)9-10(15-17-12(9)14-7)8-5-3-2-4-6-8/h2-6H,1H3,(H,13,14,16). The Kier molecular flexibility index (Phi) is 2.04. The van der Waals surface area contributed by atoms with E-state index in [9.17, 15) is 4.79 Å². The zero-order chi connectivity index (χ0) is 11.8. The van der Waals surface area contributed by atoms with E-state index >= 15 is 0 Å². The molecule has 84 valence electrons. The van der Waals surface area contributed by atoms with Crippen LogP contribution in [0.2, 0.25) is 0 Å². The molecule has 0 bridgehead atoms. The average molecular weight is 227 g/mol. The predicted molar refractivity (Wildman–Crippen MR) is 62.6 cm³/mol. The number of nitrogens with zero attached hydrogens (tertiary/aromatic N) is 2. The van der Waals surface area contributed by atoms with Crippen molar-refractivity contribution in [2.24, 2.45) is 0 Å². The summed E-state index contributed by atoms with van der Waals surface area (Å²) < 4.78 is 5.08. The Labute approximate surface area is 96.1 Å². The van der Waals surface area contributed by atoms with Crippen molar-refractivity contribution >= 4 is 11.1 Å². The van der Waals surface area contributed by atoms with Crippen LogP contribution in [0.1, 0.15) is 5.82 Å². The fraction of sp³-hybridized carbons (Fsp3) is 0.0833. The van der Waals surface area contributed by atoms with Gasteiger partial charge < -0.3 is 9.51 Å². The second kappa shape index (κ2) is 3.55. The molecule has 0 radical (unpaired) electrons.